The Bertz CT molecular complexity index is 651. The van der Waals surface area contributed by atoms with Crippen molar-refractivity contribution >= 4 is 39.2 Å². The Morgan fingerprint density at radius 1 is 1.29 bits per heavy atom. The zero-order valence-electron chi connectivity index (χ0n) is 11.9. The second kappa shape index (κ2) is 6.52. The van der Waals surface area contributed by atoms with Crippen LogP contribution in [0.3, 0.4) is 0 Å². The average molecular weight is 354 g/mol. The van der Waals surface area contributed by atoms with Gasteiger partial charge in [0.25, 0.3) is 0 Å². The predicted octanol–water partition coefficient (Wildman–Crippen LogP) is 3.23. The Balaban J connectivity index is 3.05. The van der Waals surface area contributed by atoms with E-state index >= 15 is 0 Å². The monoisotopic (exact) mass is 353 g/mol. The second-order valence-corrected chi connectivity index (χ2v) is 8.04. The standard InChI is InChI=1S/C13H17Cl2NO4S/c1-13(2,3)6-7-20-12(17)10-8(14)4-5-9(11(10)15)21(16,18)19/h4-5H,6-7H2,1-3H3,(H2,16,18,19). The van der Waals surface area contributed by atoms with Gasteiger partial charge in [-0.05, 0) is 24.0 Å². The lowest BCUT2D eigenvalue weighted by molar-refractivity contribution is 0.0465. The number of hydrogen-bond acceptors (Lipinski definition) is 4. The number of primary sulfonamides is 1. The first-order valence-electron chi connectivity index (χ1n) is 6.11. The largest absolute Gasteiger partial charge is 0.462 e. The lowest BCUT2D eigenvalue weighted by atomic mass is 9.93. The molecule has 0 heterocycles. The first-order chi connectivity index (χ1) is 9.43. The van der Waals surface area contributed by atoms with Crippen LogP contribution in [0.5, 0.6) is 0 Å². The fourth-order valence-corrected chi connectivity index (χ4v) is 2.92. The van der Waals surface area contributed by atoms with Crippen molar-refractivity contribution in [1.82, 2.24) is 0 Å². The normalized spacial score (nSPS) is 12.3. The molecule has 0 saturated carbocycles. The topological polar surface area (TPSA) is 86.5 Å². The van der Waals surface area contributed by atoms with E-state index in [4.69, 9.17) is 33.1 Å². The number of ether oxygens (including phenoxy) is 1. The van der Waals surface area contributed by atoms with Crippen LogP contribution in [0.15, 0.2) is 17.0 Å². The molecule has 0 aliphatic carbocycles. The molecule has 0 unspecified atom stereocenters. The van der Waals surface area contributed by atoms with Crippen LogP contribution in [0, 0.1) is 5.41 Å². The summed E-state index contributed by atoms with van der Waals surface area (Å²) < 4.78 is 27.9. The Hall–Kier alpha value is -0.820. The van der Waals surface area contributed by atoms with E-state index in [0.717, 1.165) is 6.07 Å². The maximum atomic E-state index is 12.0. The SMILES string of the molecule is CC(C)(C)CCOC(=O)c1c(Cl)ccc(S(N)(=O)=O)c1Cl. The molecule has 0 spiro atoms. The highest BCUT2D eigenvalue weighted by molar-refractivity contribution is 7.89. The molecule has 0 amide bonds. The van der Waals surface area contributed by atoms with E-state index in [1.807, 2.05) is 20.8 Å². The molecule has 0 aromatic heterocycles. The lowest BCUT2D eigenvalue weighted by Crippen LogP contribution is -2.17. The molecular formula is C13H17Cl2NO4S. The third-order valence-corrected chi connectivity index (χ3v) is 4.42. The number of nitrogens with two attached hydrogens (primary N) is 1. The molecule has 0 aliphatic rings. The molecule has 0 aliphatic heterocycles. The summed E-state index contributed by atoms with van der Waals surface area (Å²) in [6, 6.07) is 2.39. The summed E-state index contributed by atoms with van der Waals surface area (Å²) in [6.07, 6.45) is 0.642. The van der Waals surface area contributed by atoms with Gasteiger partial charge in [-0.25, -0.2) is 18.4 Å². The minimum absolute atomic E-state index is 0.00366. The lowest BCUT2D eigenvalue weighted by Gasteiger charge is -2.18. The number of halogens is 2. The summed E-state index contributed by atoms with van der Waals surface area (Å²) in [6.45, 7) is 6.18. The van der Waals surface area contributed by atoms with Gasteiger partial charge in [-0.2, -0.15) is 0 Å². The minimum Gasteiger partial charge on any atom is -0.462 e. The van der Waals surface area contributed by atoms with Gasteiger partial charge in [0.15, 0.2) is 0 Å². The van der Waals surface area contributed by atoms with Crippen LogP contribution in [0.25, 0.3) is 0 Å². The van der Waals surface area contributed by atoms with E-state index in [1.54, 1.807) is 0 Å². The molecule has 0 fully saturated rings. The number of benzene rings is 1. The van der Waals surface area contributed by atoms with Gasteiger partial charge in [-0.3, -0.25) is 0 Å². The molecule has 0 bridgehead atoms. The third kappa shape index (κ3) is 5.14. The molecular weight excluding hydrogens is 337 g/mol. The molecule has 0 radical (unpaired) electrons. The number of hydrogen-bond donors (Lipinski definition) is 1. The highest BCUT2D eigenvalue weighted by atomic mass is 35.5. The van der Waals surface area contributed by atoms with Crippen molar-refractivity contribution in [1.29, 1.82) is 0 Å². The van der Waals surface area contributed by atoms with Gasteiger partial charge in [-0.1, -0.05) is 44.0 Å². The zero-order valence-corrected chi connectivity index (χ0v) is 14.3. The van der Waals surface area contributed by atoms with Crippen LogP contribution < -0.4 is 5.14 Å². The van der Waals surface area contributed by atoms with Gasteiger partial charge >= 0.3 is 5.97 Å². The first kappa shape index (κ1) is 18.2. The average Bonchev–Trinajstić information content (AvgIpc) is 2.25. The molecule has 8 heteroatoms. The van der Waals surface area contributed by atoms with Crippen molar-refractivity contribution in [2.75, 3.05) is 6.61 Å². The molecule has 2 N–H and O–H groups in total. The van der Waals surface area contributed by atoms with Crippen molar-refractivity contribution in [3.63, 3.8) is 0 Å². The Kier molecular flexibility index (Phi) is 5.66. The van der Waals surface area contributed by atoms with Crippen molar-refractivity contribution in [3.05, 3.63) is 27.7 Å². The zero-order chi connectivity index (χ0) is 16.4. The molecule has 0 saturated heterocycles. The summed E-state index contributed by atoms with van der Waals surface area (Å²) in [5, 5.41) is 4.71. The maximum absolute atomic E-state index is 12.0. The number of rotatable bonds is 4. The smallest absolute Gasteiger partial charge is 0.341 e. The summed E-state index contributed by atoms with van der Waals surface area (Å²) in [4.78, 5) is 11.7. The fraction of sp³-hybridized carbons (Fsp3) is 0.462. The highest BCUT2D eigenvalue weighted by Crippen LogP contribution is 2.31. The highest BCUT2D eigenvalue weighted by Gasteiger charge is 2.24. The van der Waals surface area contributed by atoms with Gasteiger partial charge in [-0.15, -0.1) is 0 Å². The number of sulfonamides is 1. The van der Waals surface area contributed by atoms with Crippen molar-refractivity contribution in [2.24, 2.45) is 10.6 Å². The minimum atomic E-state index is -4.05. The number of esters is 1. The van der Waals surface area contributed by atoms with Gasteiger partial charge in [0.05, 0.1) is 22.2 Å². The summed E-state index contributed by atoms with van der Waals surface area (Å²) in [5.74, 6) is -0.778. The molecule has 1 rings (SSSR count). The summed E-state index contributed by atoms with van der Waals surface area (Å²) >= 11 is 11.8. The molecule has 0 atom stereocenters. The Morgan fingerprint density at radius 3 is 2.33 bits per heavy atom. The van der Waals surface area contributed by atoms with Crippen LogP contribution in [0.2, 0.25) is 10.0 Å². The van der Waals surface area contributed by atoms with Crippen LogP contribution in [-0.2, 0) is 14.8 Å². The van der Waals surface area contributed by atoms with Crippen LogP contribution in [0.1, 0.15) is 37.6 Å². The van der Waals surface area contributed by atoms with Gasteiger partial charge in [0.2, 0.25) is 10.0 Å². The number of carbonyl (C=O) groups is 1. The van der Waals surface area contributed by atoms with E-state index in [9.17, 15) is 13.2 Å². The summed E-state index contributed by atoms with van der Waals surface area (Å²) in [5.41, 5.74) is -0.199. The van der Waals surface area contributed by atoms with E-state index in [0.29, 0.717) is 6.42 Å². The molecule has 1 aromatic rings. The Labute approximate surface area is 134 Å². The van der Waals surface area contributed by atoms with Crippen LogP contribution >= 0.6 is 23.2 Å². The molecule has 5 nitrogen and oxygen atoms in total. The maximum Gasteiger partial charge on any atom is 0.341 e. The van der Waals surface area contributed by atoms with Crippen molar-refractivity contribution < 1.29 is 17.9 Å². The van der Waals surface area contributed by atoms with E-state index in [-0.39, 0.29) is 32.5 Å². The third-order valence-electron chi connectivity index (χ3n) is 2.65. The van der Waals surface area contributed by atoms with Crippen molar-refractivity contribution in [3.8, 4) is 0 Å². The molecule has 118 valence electrons. The fourth-order valence-electron chi connectivity index (χ4n) is 1.46. The van der Waals surface area contributed by atoms with E-state index < -0.39 is 16.0 Å². The second-order valence-electron chi connectivity index (χ2n) is 5.73. The summed E-state index contributed by atoms with van der Waals surface area (Å²) in [7, 11) is -4.05. The van der Waals surface area contributed by atoms with Crippen LogP contribution in [0.4, 0.5) is 0 Å². The van der Waals surface area contributed by atoms with Gasteiger partial charge in [0.1, 0.15) is 4.90 Å². The van der Waals surface area contributed by atoms with Gasteiger partial charge in [0, 0.05) is 0 Å². The Morgan fingerprint density at radius 2 is 1.86 bits per heavy atom. The molecule has 21 heavy (non-hydrogen) atoms. The quantitative estimate of drug-likeness (QED) is 0.841. The predicted molar refractivity (Wildman–Crippen MR) is 82.2 cm³/mol. The number of carbonyl (C=O) groups excluding carboxylic acids is 1. The van der Waals surface area contributed by atoms with Crippen LogP contribution in [-0.4, -0.2) is 21.0 Å². The van der Waals surface area contributed by atoms with E-state index in [1.165, 1.54) is 6.07 Å². The first-order valence-corrected chi connectivity index (χ1v) is 8.41. The van der Waals surface area contributed by atoms with Crippen molar-refractivity contribution in [2.45, 2.75) is 32.1 Å². The molecule has 1 aromatic carbocycles. The van der Waals surface area contributed by atoms with Gasteiger partial charge < -0.3 is 4.74 Å². The van der Waals surface area contributed by atoms with E-state index in [2.05, 4.69) is 0 Å².